The van der Waals surface area contributed by atoms with Crippen LogP contribution in [0.4, 0.5) is 5.82 Å². The molecule has 0 aromatic carbocycles. The number of hydrogen-bond donors (Lipinski definition) is 2. The van der Waals surface area contributed by atoms with Crippen LogP contribution in [0.15, 0.2) is 11.1 Å². The second kappa shape index (κ2) is 5.27. The van der Waals surface area contributed by atoms with Crippen molar-refractivity contribution >= 4 is 21.7 Å². The van der Waals surface area contributed by atoms with Crippen LogP contribution in [0.25, 0.3) is 0 Å². The molecule has 108 valence electrons. The van der Waals surface area contributed by atoms with Gasteiger partial charge in [0.15, 0.2) is 5.82 Å². The molecule has 0 spiro atoms. The van der Waals surface area contributed by atoms with Crippen molar-refractivity contribution in [2.24, 2.45) is 12.2 Å². The number of carbonyl (C=O) groups excluding carboxylic acids is 1. The number of sulfonamides is 1. The van der Waals surface area contributed by atoms with Crippen molar-refractivity contribution in [1.29, 1.82) is 0 Å². The first-order valence-electron chi connectivity index (χ1n) is 5.57. The quantitative estimate of drug-likeness (QED) is 0.780. The fourth-order valence-corrected chi connectivity index (χ4v) is 2.06. The van der Waals surface area contributed by atoms with E-state index in [1.807, 2.05) is 0 Å². The Labute approximate surface area is 112 Å². The van der Waals surface area contributed by atoms with E-state index >= 15 is 0 Å². The van der Waals surface area contributed by atoms with E-state index in [-0.39, 0.29) is 10.7 Å². The molecule has 0 fully saturated rings. The Bertz CT molecular complexity index is 574. The van der Waals surface area contributed by atoms with Crippen molar-refractivity contribution < 1.29 is 17.9 Å². The molecule has 0 saturated carbocycles. The summed E-state index contributed by atoms with van der Waals surface area (Å²) in [6.45, 7) is 3.38. The number of methoxy groups -OCH3 is 1. The summed E-state index contributed by atoms with van der Waals surface area (Å²) in [6, 6.07) is 0. The Hall–Kier alpha value is -1.45. The molecular weight excluding hydrogens is 272 g/mol. The van der Waals surface area contributed by atoms with Crippen LogP contribution in [-0.4, -0.2) is 36.8 Å². The number of primary sulfonamides is 1. The maximum Gasteiger partial charge on any atom is 0.257 e. The molecule has 0 saturated heterocycles. The normalized spacial score (nSPS) is 15.0. The highest BCUT2D eigenvalue weighted by atomic mass is 32.2. The van der Waals surface area contributed by atoms with Crippen molar-refractivity contribution in [2.75, 3.05) is 12.4 Å². The van der Waals surface area contributed by atoms with E-state index in [0.29, 0.717) is 6.42 Å². The molecule has 3 N–H and O–H groups in total. The fraction of sp³-hybridized carbons (Fsp3) is 0.600. The number of hydrogen-bond acceptors (Lipinski definition) is 5. The summed E-state index contributed by atoms with van der Waals surface area (Å²) in [5.41, 5.74) is -1.06. The van der Waals surface area contributed by atoms with Crippen molar-refractivity contribution in [1.82, 2.24) is 9.78 Å². The molecule has 1 aromatic heterocycles. The second-order valence-electron chi connectivity index (χ2n) is 4.30. The van der Waals surface area contributed by atoms with E-state index in [1.54, 1.807) is 13.8 Å². The molecule has 0 radical (unpaired) electrons. The first-order valence-corrected chi connectivity index (χ1v) is 7.11. The van der Waals surface area contributed by atoms with Gasteiger partial charge in [0, 0.05) is 20.4 Å². The minimum absolute atomic E-state index is 0.105. The van der Waals surface area contributed by atoms with E-state index in [2.05, 4.69) is 10.4 Å². The third kappa shape index (κ3) is 3.31. The zero-order valence-electron chi connectivity index (χ0n) is 11.3. The van der Waals surface area contributed by atoms with Crippen molar-refractivity contribution in [3.05, 3.63) is 6.20 Å². The van der Waals surface area contributed by atoms with Crippen LogP contribution in [0.3, 0.4) is 0 Å². The van der Waals surface area contributed by atoms with Gasteiger partial charge in [0.05, 0.1) is 0 Å². The molecule has 0 aliphatic rings. The number of aryl methyl sites for hydroxylation is 1. The van der Waals surface area contributed by atoms with E-state index in [9.17, 15) is 13.2 Å². The van der Waals surface area contributed by atoms with Crippen molar-refractivity contribution in [3.8, 4) is 0 Å². The van der Waals surface area contributed by atoms with Gasteiger partial charge in [-0.2, -0.15) is 5.10 Å². The van der Waals surface area contributed by atoms with Crippen LogP contribution in [-0.2, 0) is 26.6 Å². The fourth-order valence-electron chi connectivity index (χ4n) is 1.40. The molecule has 1 heterocycles. The minimum Gasteiger partial charge on any atom is -0.369 e. The summed E-state index contributed by atoms with van der Waals surface area (Å²) in [5, 5.41) is 11.4. The molecule has 1 rings (SSSR count). The zero-order chi connectivity index (χ0) is 14.8. The molecule has 1 atom stereocenters. The molecule has 8 nitrogen and oxygen atoms in total. The molecule has 1 amide bonds. The molecule has 19 heavy (non-hydrogen) atoms. The van der Waals surface area contributed by atoms with Crippen LogP contribution < -0.4 is 10.5 Å². The first-order chi connectivity index (χ1) is 8.64. The maximum atomic E-state index is 12.1. The minimum atomic E-state index is -3.96. The van der Waals surface area contributed by atoms with Crippen LogP contribution >= 0.6 is 0 Å². The van der Waals surface area contributed by atoms with Gasteiger partial charge >= 0.3 is 0 Å². The van der Waals surface area contributed by atoms with Gasteiger partial charge in [0.25, 0.3) is 5.91 Å². The SMILES string of the molecule is CCC(C)(OC)C(=O)Nc1nn(C)cc1S(N)(=O)=O. The lowest BCUT2D eigenvalue weighted by atomic mass is 10.0. The third-order valence-electron chi connectivity index (χ3n) is 2.94. The third-order valence-corrected chi connectivity index (χ3v) is 3.85. The highest BCUT2D eigenvalue weighted by Gasteiger charge is 2.33. The van der Waals surface area contributed by atoms with E-state index in [0.717, 1.165) is 0 Å². The van der Waals surface area contributed by atoms with Gasteiger partial charge in [-0.05, 0) is 13.3 Å². The molecule has 0 aliphatic heterocycles. The Morgan fingerprint density at radius 1 is 1.63 bits per heavy atom. The number of carbonyl (C=O) groups is 1. The number of nitrogens with two attached hydrogens (primary N) is 1. The van der Waals surface area contributed by atoms with Gasteiger partial charge in [-0.3, -0.25) is 9.48 Å². The molecule has 1 aromatic rings. The summed E-state index contributed by atoms with van der Waals surface area (Å²) in [4.78, 5) is 11.8. The average Bonchev–Trinajstić information content (AvgIpc) is 2.69. The smallest absolute Gasteiger partial charge is 0.257 e. The van der Waals surface area contributed by atoms with Gasteiger partial charge in [-0.1, -0.05) is 6.92 Å². The Kier molecular flexibility index (Phi) is 4.33. The van der Waals surface area contributed by atoms with E-state index in [4.69, 9.17) is 9.88 Å². The summed E-state index contributed by atoms with van der Waals surface area (Å²) >= 11 is 0. The Balaban J connectivity index is 3.11. The van der Waals surface area contributed by atoms with Gasteiger partial charge in [-0.15, -0.1) is 0 Å². The molecular formula is C10H18N4O4S. The van der Waals surface area contributed by atoms with Crippen LogP contribution in [0.1, 0.15) is 20.3 Å². The molecule has 9 heteroatoms. The lowest BCUT2D eigenvalue weighted by molar-refractivity contribution is -0.136. The number of rotatable bonds is 5. The van der Waals surface area contributed by atoms with Crippen LogP contribution in [0, 0.1) is 0 Å². The van der Waals surface area contributed by atoms with E-state index < -0.39 is 21.5 Å². The molecule has 0 bridgehead atoms. The predicted octanol–water partition coefficient (Wildman–Crippen LogP) is -0.179. The summed E-state index contributed by atoms with van der Waals surface area (Å²) < 4.78 is 29.1. The summed E-state index contributed by atoms with van der Waals surface area (Å²) in [7, 11) is -1.02. The number of amides is 1. The zero-order valence-corrected chi connectivity index (χ0v) is 12.1. The monoisotopic (exact) mass is 290 g/mol. The predicted molar refractivity (Wildman–Crippen MR) is 68.9 cm³/mol. The van der Waals surface area contributed by atoms with Crippen molar-refractivity contribution in [2.45, 2.75) is 30.8 Å². The highest BCUT2D eigenvalue weighted by Crippen LogP contribution is 2.21. The van der Waals surface area contributed by atoms with Crippen LogP contribution in [0.5, 0.6) is 0 Å². The second-order valence-corrected chi connectivity index (χ2v) is 5.83. The highest BCUT2D eigenvalue weighted by molar-refractivity contribution is 7.89. The largest absolute Gasteiger partial charge is 0.369 e. The van der Waals surface area contributed by atoms with Gasteiger partial charge in [0.1, 0.15) is 10.5 Å². The topological polar surface area (TPSA) is 116 Å². The number of anilines is 1. The lowest BCUT2D eigenvalue weighted by Crippen LogP contribution is -2.41. The lowest BCUT2D eigenvalue weighted by Gasteiger charge is -2.24. The standard InChI is InChI=1S/C10H18N4O4S/c1-5-10(2,18-4)9(15)12-8-7(19(11,16)17)6-14(3)13-8/h6H,5H2,1-4H3,(H2,11,16,17)(H,12,13,15). The molecule has 0 aliphatic carbocycles. The van der Waals surface area contributed by atoms with Crippen LogP contribution in [0.2, 0.25) is 0 Å². The maximum absolute atomic E-state index is 12.1. The van der Waals surface area contributed by atoms with Crippen molar-refractivity contribution in [3.63, 3.8) is 0 Å². The summed E-state index contributed by atoms with van der Waals surface area (Å²) in [5.74, 6) is -0.590. The number of nitrogens with one attached hydrogen (secondary N) is 1. The summed E-state index contributed by atoms with van der Waals surface area (Å²) in [6.07, 6.45) is 1.65. The average molecular weight is 290 g/mol. The Morgan fingerprint density at radius 3 is 2.63 bits per heavy atom. The number of nitrogens with zero attached hydrogens (tertiary/aromatic N) is 2. The van der Waals surface area contributed by atoms with Gasteiger partial charge < -0.3 is 10.1 Å². The molecule has 1 unspecified atom stereocenters. The van der Waals surface area contributed by atoms with E-state index in [1.165, 1.54) is 25.0 Å². The Morgan fingerprint density at radius 2 is 2.21 bits per heavy atom. The number of aromatic nitrogens is 2. The van der Waals surface area contributed by atoms with Gasteiger partial charge in [-0.25, -0.2) is 13.6 Å². The van der Waals surface area contributed by atoms with Gasteiger partial charge in [0.2, 0.25) is 10.0 Å². The first kappa shape index (κ1) is 15.6. The number of ether oxygens (including phenoxy) is 1.